The number of hydrogen-bond donors (Lipinski definition) is 3. The number of anilines is 4. The molecule has 31 heavy (non-hydrogen) atoms. The second kappa shape index (κ2) is 8.43. The van der Waals surface area contributed by atoms with Crippen molar-refractivity contribution in [2.24, 2.45) is 0 Å². The summed E-state index contributed by atoms with van der Waals surface area (Å²) in [5.74, 6) is -0.00983. The minimum Gasteiger partial charge on any atom is -0.366 e. The number of likely N-dealkylation sites (N-methyl/N-ethyl adjacent to an activating group) is 1. The zero-order valence-electron chi connectivity index (χ0n) is 17.2. The molecule has 0 atom stereocenters. The minimum absolute atomic E-state index is 0.0489. The van der Waals surface area contributed by atoms with Crippen LogP contribution in [0.2, 0.25) is 0 Å². The topological polar surface area (TPSA) is 86.4 Å². The van der Waals surface area contributed by atoms with Crippen LogP contribution >= 0.6 is 0 Å². The molecule has 3 aromatic rings. The van der Waals surface area contributed by atoms with Crippen molar-refractivity contribution < 1.29 is 14.0 Å². The largest absolute Gasteiger partial charge is 0.366 e. The van der Waals surface area contributed by atoms with Crippen molar-refractivity contribution in [1.29, 1.82) is 0 Å². The molecule has 3 N–H and O–H groups in total. The fourth-order valence-electron chi connectivity index (χ4n) is 3.38. The van der Waals surface area contributed by atoms with Crippen molar-refractivity contribution >= 4 is 34.7 Å². The van der Waals surface area contributed by atoms with E-state index in [0.717, 1.165) is 22.6 Å². The molecule has 0 bridgehead atoms. The van der Waals surface area contributed by atoms with Crippen LogP contribution in [0.3, 0.4) is 0 Å². The van der Waals surface area contributed by atoms with Crippen molar-refractivity contribution in [1.82, 2.24) is 4.98 Å². The van der Waals surface area contributed by atoms with E-state index in [-0.39, 0.29) is 17.6 Å². The summed E-state index contributed by atoms with van der Waals surface area (Å²) in [6.07, 6.45) is 0. The average molecular weight is 419 g/mol. The van der Waals surface area contributed by atoms with Crippen molar-refractivity contribution in [2.45, 2.75) is 13.5 Å². The molecule has 2 heterocycles. The maximum Gasteiger partial charge on any atom is 0.255 e. The molecule has 8 heteroatoms. The molecule has 2 amide bonds. The molecule has 0 spiro atoms. The standard InChI is InChI=1S/C23H22FN5O2/c1-14-22-19(29(2)13-21(30)28-22)11-20(26-14)25-12-15-3-9-18(10-4-15)27-23(31)16-5-7-17(24)8-6-16/h3-11H,12-13H2,1-2H3,(H,25,26)(H,27,31)(H,28,30). The summed E-state index contributed by atoms with van der Waals surface area (Å²) in [7, 11) is 1.87. The monoisotopic (exact) mass is 419 g/mol. The van der Waals surface area contributed by atoms with Crippen LogP contribution in [0.15, 0.2) is 54.6 Å². The van der Waals surface area contributed by atoms with E-state index < -0.39 is 0 Å². The van der Waals surface area contributed by atoms with E-state index in [4.69, 9.17) is 0 Å². The zero-order chi connectivity index (χ0) is 22.0. The van der Waals surface area contributed by atoms with Crippen LogP contribution in [0.4, 0.5) is 27.3 Å². The molecule has 1 aromatic heterocycles. The molecule has 0 fully saturated rings. The lowest BCUT2D eigenvalue weighted by Crippen LogP contribution is -2.36. The number of benzene rings is 2. The number of aryl methyl sites for hydroxylation is 1. The first-order valence-corrected chi connectivity index (χ1v) is 9.81. The van der Waals surface area contributed by atoms with Crippen LogP contribution in [0.5, 0.6) is 0 Å². The van der Waals surface area contributed by atoms with Gasteiger partial charge in [0.15, 0.2) is 0 Å². The third-order valence-electron chi connectivity index (χ3n) is 5.03. The molecule has 0 saturated heterocycles. The normalized spacial score (nSPS) is 12.7. The molecular weight excluding hydrogens is 397 g/mol. The van der Waals surface area contributed by atoms with Gasteiger partial charge in [0, 0.05) is 30.9 Å². The number of nitrogens with one attached hydrogen (secondary N) is 3. The summed E-state index contributed by atoms with van der Waals surface area (Å²) in [6.45, 7) is 2.72. The molecule has 0 unspecified atom stereocenters. The quantitative estimate of drug-likeness (QED) is 0.586. The van der Waals surface area contributed by atoms with Gasteiger partial charge >= 0.3 is 0 Å². The fourth-order valence-corrected chi connectivity index (χ4v) is 3.38. The highest BCUT2D eigenvalue weighted by Crippen LogP contribution is 2.32. The smallest absolute Gasteiger partial charge is 0.255 e. The third-order valence-corrected chi connectivity index (χ3v) is 5.03. The van der Waals surface area contributed by atoms with Gasteiger partial charge in [0.2, 0.25) is 5.91 Å². The van der Waals surface area contributed by atoms with Gasteiger partial charge < -0.3 is 20.9 Å². The lowest BCUT2D eigenvalue weighted by atomic mass is 10.1. The molecule has 1 aliphatic heterocycles. The number of fused-ring (bicyclic) bond motifs is 1. The highest BCUT2D eigenvalue weighted by Gasteiger charge is 2.22. The Morgan fingerprint density at radius 3 is 2.58 bits per heavy atom. The fraction of sp³-hybridized carbons (Fsp3) is 0.174. The van der Waals surface area contributed by atoms with Crippen LogP contribution in [0.1, 0.15) is 21.6 Å². The van der Waals surface area contributed by atoms with E-state index in [1.54, 1.807) is 0 Å². The number of carbonyl (C=O) groups excluding carboxylic acids is 2. The number of nitrogens with zero attached hydrogens (tertiary/aromatic N) is 2. The molecule has 158 valence electrons. The predicted molar refractivity (Wildman–Crippen MR) is 119 cm³/mol. The summed E-state index contributed by atoms with van der Waals surface area (Å²) in [6, 6.07) is 14.8. The average Bonchev–Trinajstić information content (AvgIpc) is 2.74. The van der Waals surface area contributed by atoms with Gasteiger partial charge in [0.05, 0.1) is 23.6 Å². The Hall–Kier alpha value is -3.94. The first-order chi connectivity index (χ1) is 14.9. The first kappa shape index (κ1) is 20.3. The second-order valence-corrected chi connectivity index (χ2v) is 7.40. The van der Waals surface area contributed by atoms with Gasteiger partial charge in [0.1, 0.15) is 11.6 Å². The molecule has 2 aromatic carbocycles. The van der Waals surface area contributed by atoms with Crippen LogP contribution < -0.4 is 20.9 Å². The SMILES string of the molecule is Cc1nc(NCc2ccc(NC(=O)c3ccc(F)cc3)cc2)cc2c1NC(=O)CN2C. The number of rotatable bonds is 5. The molecule has 0 saturated carbocycles. The highest BCUT2D eigenvalue weighted by molar-refractivity contribution is 6.04. The van der Waals surface area contributed by atoms with Gasteiger partial charge in [-0.05, 0) is 48.9 Å². The molecule has 7 nitrogen and oxygen atoms in total. The second-order valence-electron chi connectivity index (χ2n) is 7.40. The number of hydrogen-bond acceptors (Lipinski definition) is 5. The first-order valence-electron chi connectivity index (χ1n) is 9.81. The van der Waals surface area contributed by atoms with Gasteiger partial charge in [-0.25, -0.2) is 9.37 Å². The lowest BCUT2D eigenvalue weighted by Gasteiger charge is -2.28. The summed E-state index contributed by atoms with van der Waals surface area (Å²) >= 11 is 0. The molecule has 0 aliphatic carbocycles. The van der Waals surface area contributed by atoms with E-state index in [0.29, 0.717) is 30.2 Å². The molecule has 4 rings (SSSR count). The van der Waals surface area contributed by atoms with Crippen molar-refractivity contribution in [3.05, 3.63) is 77.2 Å². The Morgan fingerprint density at radius 2 is 1.87 bits per heavy atom. The van der Waals surface area contributed by atoms with E-state index in [9.17, 15) is 14.0 Å². The van der Waals surface area contributed by atoms with Gasteiger partial charge in [-0.15, -0.1) is 0 Å². The van der Waals surface area contributed by atoms with E-state index in [1.807, 2.05) is 49.2 Å². The Bertz CT molecular complexity index is 1130. The number of halogens is 1. The summed E-state index contributed by atoms with van der Waals surface area (Å²) in [5.41, 5.74) is 4.47. The third kappa shape index (κ3) is 4.63. The predicted octanol–water partition coefficient (Wildman–Crippen LogP) is 3.78. The Labute approximate surface area is 179 Å². The van der Waals surface area contributed by atoms with Crippen molar-refractivity contribution in [2.75, 3.05) is 34.4 Å². The zero-order valence-corrected chi connectivity index (χ0v) is 17.2. The lowest BCUT2D eigenvalue weighted by molar-refractivity contribution is -0.115. The Morgan fingerprint density at radius 1 is 1.16 bits per heavy atom. The van der Waals surface area contributed by atoms with Gasteiger partial charge in [0.25, 0.3) is 5.91 Å². The number of carbonyl (C=O) groups is 2. The van der Waals surface area contributed by atoms with Crippen LogP contribution in [-0.2, 0) is 11.3 Å². The molecular formula is C23H22FN5O2. The highest BCUT2D eigenvalue weighted by atomic mass is 19.1. The molecule has 0 radical (unpaired) electrons. The Balaban J connectivity index is 1.39. The van der Waals surface area contributed by atoms with Crippen molar-refractivity contribution in [3.8, 4) is 0 Å². The number of aromatic nitrogens is 1. The molecule has 1 aliphatic rings. The number of pyridine rings is 1. The maximum atomic E-state index is 13.0. The van der Waals surface area contributed by atoms with Crippen LogP contribution in [0, 0.1) is 12.7 Å². The van der Waals surface area contributed by atoms with E-state index in [2.05, 4.69) is 20.9 Å². The maximum absolute atomic E-state index is 13.0. The summed E-state index contributed by atoms with van der Waals surface area (Å²) < 4.78 is 13.0. The summed E-state index contributed by atoms with van der Waals surface area (Å²) in [5, 5.41) is 8.97. The van der Waals surface area contributed by atoms with Gasteiger partial charge in [-0.3, -0.25) is 9.59 Å². The van der Waals surface area contributed by atoms with E-state index >= 15 is 0 Å². The number of amides is 2. The van der Waals surface area contributed by atoms with Crippen LogP contribution in [0.25, 0.3) is 0 Å². The van der Waals surface area contributed by atoms with Crippen molar-refractivity contribution in [3.63, 3.8) is 0 Å². The summed E-state index contributed by atoms with van der Waals surface area (Å²) in [4.78, 5) is 30.4. The van der Waals surface area contributed by atoms with E-state index in [1.165, 1.54) is 24.3 Å². The van der Waals surface area contributed by atoms with Crippen LogP contribution in [-0.4, -0.2) is 30.4 Å². The van der Waals surface area contributed by atoms with Gasteiger partial charge in [-0.1, -0.05) is 12.1 Å². The van der Waals surface area contributed by atoms with Gasteiger partial charge in [-0.2, -0.15) is 0 Å². The minimum atomic E-state index is -0.381. The Kier molecular flexibility index (Phi) is 5.53.